The number of carbonyl (C=O) groups is 2. The molecular weight excluding hydrogens is 1100 g/mol. The van der Waals surface area contributed by atoms with Gasteiger partial charge in [0.15, 0.2) is 29.4 Å². The number of aromatic nitrogens is 6. The van der Waals surface area contributed by atoms with E-state index >= 15 is 0 Å². The molecule has 8 saturated heterocycles. The summed E-state index contributed by atoms with van der Waals surface area (Å²) in [5.74, 6) is -0.0401. The maximum absolute atomic E-state index is 13.3. The Morgan fingerprint density at radius 2 is 1.12 bits per heavy atom. The molecule has 83 heavy (non-hydrogen) atoms. The van der Waals surface area contributed by atoms with Crippen LogP contribution >= 0.6 is 17.1 Å². The summed E-state index contributed by atoms with van der Waals surface area (Å²) in [4.78, 5) is 56.3. The monoisotopic (exact) mass is 1160 g/mol. The number of hydrogen-bond acceptors (Lipinski definition) is 17. The minimum Gasteiger partial charge on any atom is -0.368 e. The first-order chi connectivity index (χ1) is 40.6. The fraction of sp³-hybridized carbons (Fsp3) is 0.417. The number of nitrogens with one attached hydrogen (secondary N) is 2. The van der Waals surface area contributed by atoms with Gasteiger partial charge < -0.3 is 47.7 Å². The molecule has 2 amide bonds. The van der Waals surface area contributed by atoms with Crippen molar-refractivity contribution in [3.8, 4) is 0 Å². The first-order valence-corrected chi connectivity index (χ1v) is 30.9. The normalized spacial score (nSPS) is 32.2. The molecular formula is C60H64N10O11P2. The van der Waals surface area contributed by atoms with Gasteiger partial charge in [0.2, 0.25) is 0 Å². The minimum atomic E-state index is -1.33. The summed E-state index contributed by atoms with van der Waals surface area (Å²) in [6, 6.07) is 39.2. The first-order valence-electron chi connectivity index (χ1n) is 28.6. The predicted molar refractivity (Wildman–Crippen MR) is 307 cm³/mol. The summed E-state index contributed by atoms with van der Waals surface area (Å²) in [5, 5.41) is 5.63. The number of anilines is 2. The van der Waals surface area contributed by atoms with Gasteiger partial charge in [0.25, 0.3) is 28.9 Å². The van der Waals surface area contributed by atoms with E-state index in [2.05, 4.69) is 83.2 Å². The molecule has 0 spiro atoms. The molecule has 8 fully saturated rings. The van der Waals surface area contributed by atoms with Crippen LogP contribution in [-0.4, -0.2) is 124 Å². The zero-order valence-electron chi connectivity index (χ0n) is 46.1. The smallest absolute Gasteiger partial charge is 0.351 e. The van der Waals surface area contributed by atoms with Gasteiger partial charge in [-0.1, -0.05) is 111 Å². The Morgan fingerprint density at radius 3 is 1.63 bits per heavy atom. The molecule has 23 heteroatoms. The predicted octanol–water partition coefficient (Wildman–Crippen LogP) is 9.73. The molecule has 0 aliphatic carbocycles. The largest absolute Gasteiger partial charge is 0.368 e. The molecule has 2 unspecified atom stereocenters. The lowest BCUT2D eigenvalue weighted by atomic mass is 9.96. The van der Waals surface area contributed by atoms with E-state index < -0.39 is 58.6 Å². The quantitative estimate of drug-likeness (QED) is 0.0969. The number of nitrogens with zero attached hydrogens (tertiary/aromatic N) is 8. The van der Waals surface area contributed by atoms with Crippen LogP contribution in [0.3, 0.4) is 0 Å². The molecule has 14 atom stereocenters. The van der Waals surface area contributed by atoms with E-state index in [1.807, 2.05) is 60.0 Å². The zero-order chi connectivity index (χ0) is 56.4. The fourth-order valence-corrected chi connectivity index (χ4v) is 17.1. The van der Waals surface area contributed by atoms with E-state index in [1.54, 1.807) is 55.8 Å². The molecule has 4 bridgehead atoms. The van der Waals surface area contributed by atoms with Gasteiger partial charge in [-0.15, -0.1) is 0 Å². The lowest BCUT2D eigenvalue weighted by Gasteiger charge is -2.31. The Morgan fingerprint density at radius 1 is 0.639 bits per heavy atom. The molecule has 8 aliphatic heterocycles. The summed E-state index contributed by atoms with van der Waals surface area (Å²) in [5.41, 5.74) is 3.18. The number of imidazole rings is 1. The molecule has 21 nitrogen and oxygen atoms in total. The number of carbonyl (C=O) groups excluding carboxylic acids is 2. The maximum atomic E-state index is 13.3. The van der Waals surface area contributed by atoms with Crippen LogP contribution in [0.1, 0.15) is 114 Å². The number of benzene rings is 4. The van der Waals surface area contributed by atoms with Crippen molar-refractivity contribution in [2.45, 2.75) is 132 Å². The lowest BCUT2D eigenvalue weighted by molar-refractivity contribution is -0.175. The van der Waals surface area contributed by atoms with Crippen molar-refractivity contribution in [1.29, 1.82) is 0 Å². The summed E-state index contributed by atoms with van der Waals surface area (Å²) >= 11 is 0. The van der Waals surface area contributed by atoms with Crippen molar-refractivity contribution in [1.82, 2.24) is 38.4 Å². The summed E-state index contributed by atoms with van der Waals surface area (Å²) in [6.45, 7) is 8.67. The van der Waals surface area contributed by atoms with E-state index in [0.29, 0.717) is 59.3 Å². The summed E-state index contributed by atoms with van der Waals surface area (Å²) in [6.07, 6.45) is 7.71. The van der Waals surface area contributed by atoms with Crippen molar-refractivity contribution in [3.05, 3.63) is 178 Å². The Hall–Kier alpha value is -6.29. The molecule has 430 valence electrons. The van der Waals surface area contributed by atoms with Crippen LogP contribution in [0.25, 0.3) is 11.2 Å². The number of fused-ring (bicyclic) bond motifs is 7. The Kier molecular flexibility index (Phi) is 14.9. The van der Waals surface area contributed by atoms with E-state index in [0.717, 1.165) is 50.8 Å². The number of ether oxygens (including phenoxy) is 4. The fourth-order valence-electron chi connectivity index (χ4n) is 13.0. The van der Waals surface area contributed by atoms with E-state index in [9.17, 15) is 14.4 Å². The second-order valence-corrected chi connectivity index (χ2v) is 25.0. The molecule has 0 saturated carbocycles. The topological polar surface area (TPSA) is 217 Å². The van der Waals surface area contributed by atoms with Crippen LogP contribution in [0.15, 0.2) is 145 Å². The van der Waals surface area contributed by atoms with Crippen LogP contribution in [-0.2, 0) is 37.0 Å². The number of hydrogen-bond donors (Lipinski definition) is 2. The maximum Gasteiger partial charge on any atom is 0.351 e. The third-order valence-corrected chi connectivity index (χ3v) is 20.9. The van der Waals surface area contributed by atoms with Crippen molar-refractivity contribution >= 4 is 51.7 Å². The standard InChI is InChI=1S/C30H31N6O5P.C30H33N4O6P/c1-2-30-16-38-24(25(30)41-42-36-15-9-14-21(36)23(40-42)19-10-5-3-6-11-19)29(39-30)35-18-33-22-26(31-17-32-27(22)35)34-28(37)20-12-7-4-8-13-20;1-3-30-18-37-24(25(30)40-41-34-16-10-15-22(34)23(39-41)20-11-6-4-7-12-20)28(38-30)33-17-19(2)26(32-29(33)36)31-27(35)21-13-8-5-9-14-21/h3-8,10-13,17-18,21,23-25,29H,2,9,14-16H2,1H3,(H,31,32,34,37);4-9,11-14,17,22-25,28H,3,10,15-16,18H2,1-2H3,(H,31,32,35,36)/t21-,23+,24+,25?,29-,30+,42+;22-,23+,24+,25?,28-,30+,41+/m11/s1. The highest BCUT2D eigenvalue weighted by Gasteiger charge is 2.66. The van der Waals surface area contributed by atoms with Crippen molar-refractivity contribution in [2.24, 2.45) is 0 Å². The zero-order valence-corrected chi connectivity index (χ0v) is 47.9. The van der Waals surface area contributed by atoms with Gasteiger partial charge in [-0.05, 0) is 80.8 Å². The summed E-state index contributed by atoms with van der Waals surface area (Å²) < 4.78 is 60.9. The first kappa shape index (κ1) is 54.6. The highest BCUT2D eigenvalue weighted by molar-refractivity contribution is 7.45. The molecule has 0 radical (unpaired) electrons. The Balaban J connectivity index is 0.000000148. The van der Waals surface area contributed by atoms with Crippen molar-refractivity contribution in [2.75, 3.05) is 36.9 Å². The van der Waals surface area contributed by atoms with E-state index in [-0.39, 0.29) is 48.1 Å². The molecule has 15 rings (SSSR count). The van der Waals surface area contributed by atoms with Gasteiger partial charge >= 0.3 is 5.69 Å². The number of rotatable bonds is 14. The second kappa shape index (κ2) is 22.6. The molecule has 7 aromatic rings. The molecule has 2 N–H and O–H groups in total. The van der Waals surface area contributed by atoms with E-state index in [4.69, 9.17) is 37.0 Å². The van der Waals surface area contributed by atoms with Crippen LogP contribution < -0.4 is 16.3 Å². The second-order valence-electron chi connectivity index (χ2n) is 22.2. The molecule has 4 aromatic carbocycles. The van der Waals surface area contributed by atoms with Crippen molar-refractivity contribution in [3.63, 3.8) is 0 Å². The van der Waals surface area contributed by atoms with Crippen molar-refractivity contribution < 1.29 is 46.6 Å². The van der Waals surface area contributed by atoms with E-state index in [1.165, 1.54) is 16.5 Å². The molecule has 11 heterocycles. The van der Waals surface area contributed by atoms with Crippen LogP contribution in [0, 0.1) is 6.92 Å². The average molecular weight is 1160 g/mol. The number of amides is 2. The molecule has 3 aromatic heterocycles. The number of aryl methyl sites for hydroxylation is 1. The third kappa shape index (κ3) is 9.82. The lowest BCUT2D eigenvalue weighted by Crippen LogP contribution is -2.41. The van der Waals surface area contributed by atoms with Crippen LogP contribution in [0.5, 0.6) is 0 Å². The Bertz CT molecular complexity index is 3560. The van der Waals surface area contributed by atoms with Crippen LogP contribution in [0.4, 0.5) is 11.6 Å². The average Bonchev–Trinajstić information content (AvgIpc) is 2.92. The Labute approximate surface area is 481 Å². The van der Waals surface area contributed by atoms with Gasteiger partial charge in [-0.3, -0.25) is 18.7 Å². The SMILES string of the molecule is CC[C@]12CO[C@@H](C1O[P@]1O[C@@H](c3ccccc3)[C@H]3CCCN31)[C@H](n1cc(C)c(NC(=O)c3ccccc3)nc1=O)O2.CC[C@]12CO[C@@H](C1O[P@]1O[C@@H](c3ccccc3)[C@H]3CCCN31)[C@H](n1cnc3c(NC(=O)c4ccccc4)ncnc31)O2. The van der Waals surface area contributed by atoms with Gasteiger partial charge in [0.05, 0.1) is 19.5 Å². The van der Waals surface area contributed by atoms with Gasteiger partial charge in [-0.25, -0.2) is 29.1 Å². The van der Waals surface area contributed by atoms with Gasteiger partial charge in [0, 0.05) is 48.1 Å². The third-order valence-electron chi connectivity index (χ3n) is 17.5. The van der Waals surface area contributed by atoms with Gasteiger partial charge in [0.1, 0.15) is 60.0 Å². The summed E-state index contributed by atoms with van der Waals surface area (Å²) in [7, 11) is -2.61. The minimum absolute atomic E-state index is 0.00659. The van der Waals surface area contributed by atoms with Crippen LogP contribution in [0.2, 0.25) is 0 Å². The highest BCUT2D eigenvalue weighted by Crippen LogP contribution is 2.65. The molecule has 8 aliphatic rings. The highest BCUT2D eigenvalue weighted by atomic mass is 31.2. The van der Waals surface area contributed by atoms with Gasteiger partial charge in [-0.2, -0.15) is 4.98 Å².